The molecule has 0 aromatic heterocycles. The van der Waals surface area contributed by atoms with Crippen LogP contribution in [-0.4, -0.2) is 73.4 Å². The van der Waals surface area contributed by atoms with Gasteiger partial charge in [-0.05, 0) is 59.4 Å². The normalized spacial score (nSPS) is 20.5. The largest absolute Gasteiger partial charge is 0.394 e. The number of nitrogens with one attached hydrogen (secondary N) is 1. The van der Waals surface area contributed by atoms with E-state index in [1.54, 1.807) is 0 Å². The summed E-state index contributed by atoms with van der Waals surface area (Å²) in [6, 6.07) is 0. The van der Waals surface area contributed by atoms with E-state index in [9.17, 15) is 5.11 Å². The van der Waals surface area contributed by atoms with E-state index in [2.05, 4.69) is 36.0 Å². The molecule has 1 aliphatic heterocycles. The van der Waals surface area contributed by atoms with Crippen LogP contribution in [0.2, 0.25) is 0 Å². The van der Waals surface area contributed by atoms with Gasteiger partial charge in [0.15, 0.2) is 0 Å². The predicted molar refractivity (Wildman–Crippen MR) is 77.0 cm³/mol. The van der Waals surface area contributed by atoms with Crippen molar-refractivity contribution in [1.29, 1.82) is 0 Å². The lowest BCUT2D eigenvalue weighted by atomic mass is 9.99. The topological polar surface area (TPSA) is 38.7 Å². The Morgan fingerprint density at radius 3 is 2.50 bits per heavy atom. The van der Waals surface area contributed by atoms with E-state index in [0.29, 0.717) is 0 Å². The fourth-order valence-electron chi connectivity index (χ4n) is 2.52. The van der Waals surface area contributed by atoms with Crippen LogP contribution in [0.5, 0.6) is 0 Å². The first-order valence-electron chi connectivity index (χ1n) is 7.36. The lowest BCUT2D eigenvalue weighted by molar-refractivity contribution is 0.150. The highest BCUT2D eigenvalue weighted by atomic mass is 16.3. The molecule has 1 atom stereocenters. The quantitative estimate of drug-likeness (QED) is 0.640. The molecule has 2 N–H and O–H groups in total. The van der Waals surface area contributed by atoms with E-state index >= 15 is 0 Å². The van der Waals surface area contributed by atoms with Crippen LogP contribution >= 0.6 is 0 Å². The first kappa shape index (κ1) is 15.9. The van der Waals surface area contributed by atoms with Crippen molar-refractivity contribution in [2.24, 2.45) is 0 Å². The zero-order chi connectivity index (χ0) is 13.4. The fourth-order valence-corrected chi connectivity index (χ4v) is 2.52. The van der Waals surface area contributed by atoms with Gasteiger partial charge >= 0.3 is 0 Å². The summed E-state index contributed by atoms with van der Waals surface area (Å²) in [6.07, 6.45) is 3.73. The fraction of sp³-hybridized carbons (Fsp3) is 1.00. The van der Waals surface area contributed by atoms with Gasteiger partial charge in [-0.15, -0.1) is 0 Å². The van der Waals surface area contributed by atoms with E-state index in [1.807, 2.05) is 0 Å². The third kappa shape index (κ3) is 5.65. The summed E-state index contributed by atoms with van der Waals surface area (Å²) >= 11 is 0. The van der Waals surface area contributed by atoms with Crippen molar-refractivity contribution in [3.05, 3.63) is 0 Å². The standard InChI is InChI=1S/C14H31N3O/c1-4-15-14(2,13-18)7-10-16(3)11-12-17-8-5-6-9-17/h15,18H,4-13H2,1-3H3. The second kappa shape index (κ2) is 8.10. The molecule has 1 rings (SSSR count). The average molecular weight is 257 g/mol. The molecule has 0 amide bonds. The maximum atomic E-state index is 9.44. The number of hydrogen-bond donors (Lipinski definition) is 2. The predicted octanol–water partition coefficient (Wildman–Crippen LogP) is 0.765. The molecule has 0 radical (unpaired) electrons. The van der Waals surface area contributed by atoms with Gasteiger partial charge in [-0.3, -0.25) is 0 Å². The van der Waals surface area contributed by atoms with Gasteiger partial charge < -0.3 is 20.2 Å². The number of rotatable bonds is 9. The third-order valence-corrected chi connectivity index (χ3v) is 3.99. The van der Waals surface area contributed by atoms with Crippen LogP contribution in [0.3, 0.4) is 0 Å². The van der Waals surface area contributed by atoms with Crippen molar-refractivity contribution in [2.45, 2.75) is 38.6 Å². The van der Waals surface area contributed by atoms with Gasteiger partial charge in [0.2, 0.25) is 0 Å². The van der Waals surface area contributed by atoms with Gasteiger partial charge in [0.25, 0.3) is 0 Å². The van der Waals surface area contributed by atoms with E-state index in [1.165, 1.54) is 32.5 Å². The Morgan fingerprint density at radius 1 is 1.28 bits per heavy atom. The van der Waals surface area contributed by atoms with Gasteiger partial charge in [-0.1, -0.05) is 6.92 Å². The molecular weight excluding hydrogens is 226 g/mol. The van der Waals surface area contributed by atoms with Crippen molar-refractivity contribution in [1.82, 2.24) is 15.1 Å². The molecule has 0 spiro atoms. The van der Waals surface area contributed by atoms with Crippen LogP contribution in [0.25, 0.3) is 0 Å². The molecule has 4 nitrogen and oxygen atoms in total. The van der Waals surface area contributed by atoms with Gasteiger partial charge in [0.05, 0.1) is 6.61 Å². The Morgan fingerprint density at radius 2 is 1.94 bits per heavy atom. The van der Waals surface area contributed by atoms with Gasteiger partial charge in [0, 0.05) is 18.6 Å². The number of likely N-dealkylation sites (tertiary alicyclic amines) is 1. The monoisotopic (exact) mass is 257 g/mol. The highest BCUT2D eigenvalue weighted by molar-refractivity contribution is 4.82. The van der Waals surface area contributed by atoms with Gasteiger partial charge in [-0.25, -0.2) is 0 Å². The van der Waals surface area contributed by atoms with E-state index in [-0.39, 0.29) is 12.1 Å². The van der Waals surface area contributed by atoms with Crippen LogP contribution in [0, 0.1) is 0 Å². The Kier molecular flexibility index (Phi) is 7.15. The first-order valence-corrected chi connectivity index (χ1v) is 7.36. The Labute approximate surface area is 112 Å². The summed E-state index contributed by atoms with van der Waals surface area (Å²) < 4.78 is 0. The molecule has 1 unspecified atom stereocenters. The second-order valence-corrected chi connectivity index (χ2v) is 5.85. The molecule has 0 aromatic rings. The summed E-state index contributed by atoms with van der Waals surface area (Å²) in [5.41, 5.74) is -0.128. The van der Waals surface area contributed by atoms with Crippen LogP contribution in [0.15, 0.2) is 0 Å². The van der Waals surface area contributed by atoms with Crippen LogP contribution in [-0.2, 0) is 0 Å². The Bertz CT molecular complexity index is 219. The van der Waals surface area contributed by atoms with Crippen molar-refractivity contribution >= 4 is 0 Å². The lowest BCUT2D eigenvalue weighted by Gasteiger charge is -2.31. The molecular formula is C14H31N3O. The Balaban J connectivity index is 2.16. The first-order chi connectivity index (χ1) is 8.59. The molecule has 18 heavy (non-hydrogen) atoms. The zero-order valence-electron chi connectivity index (χ0n) is 12.4. The van der Waals surface area contributed by atoms with E-state index < -0.39 is 0 Å². The van der Waals surface area contributed by atoms with Crippen LogP contribution < -0.4 is 5.32 Å². The second-order valence-electron chi connectivity index (χ2n) is 5.85. The molecule has 108 valence electrons. The van der Waals surface area contributed by atoms with E-state index in [0.717, 1.165) is 26.1 Å². The van der Waals surface area contributed by atoms with Crippen molar-refractivity contribution in [2.75, 3.05) is 52.9 Å². The molecule has 1 saturated heterocycles. The van der Waals surface area contributed by atoms with Crippen LogP contribution in [0.1, 0.15) is 33.1 Å². The minimum atomic E-state index is -0.128. The molecule has 0 aromatic carbocycles. The molecule has 1 aliphatic rings. The number of likely N-dealkylation sites (N-methyl/N-ethyl adjacent to an activating group) is 2. The summed E-state index contributed by atoms with van der Waals surface area (Å²) in [5, 5.41) is 12.8. The van der Waals surface area contributed by atoms with Crippen molar-refractivity contribution in [3.63, 3.8) is 0 Å². The molecule has 0 bridgehead atoms. The maximum absolute atomic E-state index is 9.44. The summed E-state index contributed by atoms with van der Waals surface area (Å²) in [4.78, 5) is 4.93. The summed E-state index contributed by atoms with van der Waals surface area (Å²) in [7, 11) is 2.18. The van der Waals surface area contributed by atoms with Crippen LogP contribution in [0.4, 0.5) is 0 Å². The molecule has 0 aliphatic carbocycles. The minimum absolute atomic E-state index is 0.128. The lowest BCUT2D eigenvalue weighted by Crippen LogP contribution is -2.48. The highest BCUT2D eigenvalue weighted by Gasteiger charge is 2.22. The van der Waals surface area contributed by atoms with E-state index in [4.69, 9.17) is 0 Å². The third-order valence-electron chi connectivity index (χ3n) is 3.99. The summed E-state index contributed by atoms with van der Waals surface area (Å²) in [6.45, 7) is 11.2. The number of nitrogens with zero attached hydrogens (tertiary/aromatic N) is 2. The maximum Gasteiger partial charge on any atom is 0.0611 e. The van der Waals surface area contributed by atoms with Gasteiger partial charge in [0.1, 0.15) is 0 Å². The molecule has 1 heterocycles. The molecule has 1 fully saturated rings. The van der Waals surface area contributed by atoms with Crippen molar-refractivity contribution in [3.8, 4) is 0 Å². The Hall–Kier alpha value is -0.160. The number of aliphatic hydroxyl groups excluding tert-OH is 1. The minimum Gasteiger partial charge on any atom is -0.394 e. The molecule has 4 heteroatoms. The number of hydrogen-bond acceptors (Lipinski definition) is 4. The SMILES string of the molecule is CCNC(C)(CO)CCN(C)CCN1CCCC1. The van der Waals surface area contributed by atoms with Gasteiger partial charge in [-0.2, -0.15) is 0 Å². The average Bonchev–Trinajstić information content (AvgIpc) is 2.87. The molecule has 0 saturated carbocycles. The highest BCUT2D eigenvalue weighted by Crippen LogP contribution is 2.10. The zero-order valence-corrected chi connectivity index (χ0v) is 12.4. The summed E-state index contributed by atoms with van der Waals surface area (Å²) in [5.74, 6) is 0. The van der Waals surface area contributed by atoms with Crippen molar-refractivity contribution < 1.29 is 5.11 Å². The number of aliphatic hydroxyl groups is 1. The smallest absolute Gasteiger partial charge is 0.0611 e.